The number of carbonyl (C=O) groups is 2. The largest absolute Gasteiger partial charge is 0.465 e. The van der Waals surface area contributed by atoms with Gasteiger partial charge in [-0.05, 0) is 33.6 Å². The highest BCUT2D eigenvalue weighted by Gasteiger charge is 2.49. The lowest BCUT2D eigenvalue weighted by atomic mass is 9.79. The maximum atomic E-state index is 12.6. The molecule has 24 heavy (non-hydrogen) atoms. The Labute approximate surface area is 143 Å². The second-order valence-corrected chi connectivity index (χ2v) is 6.19. The molecule has 1 saturated carbocycles. The molecular formula is C18H26N2O4. The van der Waals surface area contributed by atoms with E-state index in [9.17, 15) is 9.59 Å². The van der Waals surface area contributed by atoms with Crippen LogP contribution in [0, 0.1) is 0 Å². The summed E-state index contributed by atoms with van der Waals surface area (Å²) in [6.07, 6.45) is 8.56. The quantitative estimate of drug-likeness (QED) is 0.588. The third-order valence-corrected chi connectivity index (χ3v) is 4.56. The number of nitrogens with zero attached hydrogens (tertiary/aromatic N) is 2. The lowest BCUT2D eigenvalue weighted by molar-refractivity contribution is -0.164. The summed E-state index contributed by atoms with van der Waals surface area (Å²) in [6.45, 7) is 5.32. The van der Waals surface area contributed by atoms with E-state index in [4.69, 9.17) is 9.47 Å². The normalized spacial score (nSPS) is 15.8. The van der Waals surface area contributed by atoms with Crippen LogP contribution in [0.1, 0.15) is 70.2 Å². The molecule has 0 aliphatic heterocycles. The van der Waals surface area contributed by atoms with Gasteiger partial charge in [-0.2, -0.15) is 0 Å². The van der Waals surface area contributed by atoms with Gasteiger partial charge in [0.05, 0.1) is 24.6 Å². The molecule has 0 unspecified atom stereocenters. The minimum Gasteiger partial charge on any atom is -0.465 e. The summed E-state index contributed by atoms with van der Waals surface area (Å²) in [5.74, 6) is -1.06. The van der Waals surface area contributed by atoms with E-state index in [-0.39, 0.29) is 19.1 Å². The molecule has 1 aliphatic rings. The van der Waals surface area contributed by atoms with E-state index in [0.717, 1.165) is 31.4 Å². The van der Waals surface area contributed by atoms with Gasteiger partial charge in [-0.3, -0.25) is 19.6 Å². The molecule has 0 radical (unpaired) electrons. The van der Waals surface area contributed by atoms with Gasteiger partial charge in [-0.25, -0.2) is 0 Å². The minimum absolute atomic E-state index is 0.187. The Kier molecular flexibility index (Phi) is 6.29. The van der Waals surface area contributed by atoms with E-state index in [0.29, 0.717) is 5.69 Å². The van der Waals surface area contributed by atoms with Crippen molar-refractivity contribution in [2.24, 2.45) is 0 Å². The molecule has 1 aromatic heterocycles. The molecule has 1 aliphatic carbocycles. The van der Waals surface area contributed by atoms with Crippen molar-refractivity contribution < 1.29 is 19.1 Å². The first-order valence-electron chi connectivity index (χ1n) is 8.71. The summed E-state index contributed by atoms with van der Waals surface area (Å²) in [6, 6.07) is 0. The van der Waals surface area contributed by atoms with E-state index in [1.54, 1.807) is 20.0 Å². The summed E-state index contributed by atoms with van der Waals surface area (Å²) in [4.78, 5) is 34.1. The monoisotopic (exact) mass is 334 g/mol. The van der Waals surface area contributed by atoms with Gasteiger partial charge in [0.2, 0.25) is 5.41 Å². The maximum absolute atomic E-state index is 12.6. The summed E-state index contributed by atoms with van der Waals surface area (Å²) >= 11 is 0. The Bertz CT molecular complexity index is 564. The fourth-order valence-corrected chi connectivity index (χ4v) is 3.24. The minimum atomic E-state index is -1.59. The summed E-state index contributed by atoms with van der Waals surface area (Å²) in [5.41, 5.74) is -0.498. The average molecular weight is 334 g/mol. The molecule has 0 spiro atoms. The molecule has 0 atom stereocenters. The van der Waals surface area contributed by atoms with Crippen LogP contribution < -0.4 is 0 Å². The number of hydrogen-bond donors (Lipinski definition) is 0. The third kappa shape index (κ3) is 3.57. The molecule has 2 rings (SSSR count). The molecule has 1 heterocycles. The second kappa shape index (κ2) is 8.22. The highest BCUT2D eigenvalue weighted by atomic mass is 16.6. The van der Waals surface area contributed by atoms with Gasteiger partial charge < -0.3 is 9.47 Å². The van der Waals surface area contributed by atoms with Crippen molar-refractivity contribution in [2.45, 2.75) is 64.2 Å². The summed E-state index contributed by atoms with van der Waals surface area (Å²) in [7, 11) is 0. The number of aromatic nitrogens is 2. The average Bonchev–Trinajstić information content (AvgIpc) is 2.62. The molecular weight excluding hydrogens is 308 g/mol. The molecule has 0 saturated heterocycles. The van der Waals surface area contributed by atoms with E-state index < -0.39 is 17.4 Å². The molecule has 6 heteroatoms. The van der Waals surface area contributed by atoms with Gasteiger partial charge in [-0.1, -0.05) is 19.3 Å². The van der Waals surface area contributed by atoms with E-state index >= 15 is 0 Å². The van der Waals surface area contributed by atoms with Crippen molar-refractivity contribution >= 4 is 11.9 Å². The predicted octanol–water partition coefficient (Wildman–Crippen LogP) is 2.91. The van der Waals surface area contributed by atoms with Crippen molar-refractivity contribution in [2.75, 3.05) is 13.2 Å². The van der Waals surface area contributed by atoms with Gasteiger partial charge >= 0.3 is 11.9 Å². The second-order valence-electron chi connectivity index (χ2n) is 6.19. The SMILES string of the molecule is CCOC(=O)C(C)(C(=O)OCC)c1nccnc1C1CCCCC1. The predicted molar refractivity (Wildman–Crippen MR) is 88.5 cm³/mol. The smallest absolute Gasteiger partial charge is 0.329 e. The Morgan fingerprint density at radius 2 is 1.58 bits per heavy atom. The Morgan fingerprint density at radius 3 is 2.12 bits per heavy atom. The number of hydrogen-bond acceptors (Lipinski definition) is 6. The van der Waals surface area contributed by atoms with Crippen LogP contribution in [0.15, 0.2) is 12.4 Å². The number of esters is 2. The summed E-state index contributed by atoms with van der Waals surface area (Å²) < 4.78 is 10.3. The lowest BCUT2D eigenvalue weighted by Crippen LogP contribution is -2.45. The molecule has 0 bridgehead atoms. The fourth-order valence-electron chi connectivity index (χ4n) is 3.24. The third-order valence-electron chi connectivity index (χ3n) is 4.56. The first-order chi connectivity index (χ1) is 11.6. The van der Waals surface area contributed by atoms with Crippen molar-refractivity contribution in [3.8, 4) is 0 Å². The molecule has 1 aromatic rings. The van der Waals surface area contributed by atoms with Crippen molar-refractivity contribution in [3.05, 3.63) is 23.8 Å². The van der Waals surface area contributed by atoms with Crippen LogP contribution in [0.3, 0.4) is 0 Å². The molecule has 1 fully saturated rings. The number of ether oxygens (including phenoxy) is 2. The van der Waals surface area contributed by atoms with E-state index in [2.05, 4.69) is 9.97 Å². The van der Waals surface area contributed by atoms with Gasteiger partial charge in [-0.15, -0.1) is 0 Å². The van der Waals surface area contributed by atoms with Crippen LogP contribution in [-0.2, 0) is 24.5 Å². The van der Waals surface area contributed by atoms with Crippen molar-refractivity contribution in [1.82, 2.24) is 9.97 Å². The first kappa shape index (κ1) is 18.4. The highest BCUT2D eigenvalue weighted by Crippen LogP contribution is 2.37. The molecule has 132 valence electrons. The van der Waals surface area contributed by atoms with Gasteiger partial charge in [0.1, 0.15) is 0 Å². The lowest BCUT2D eigenvalue weighted by Gasteiger charge is -2.29. The zero-order valence-electron chi connectivity index (χ0n) is 14.7. The maximum Gasteiger partial charge on any atom is 0.329 e. The number of carbonyl (C=O) groups excluding carboxylic acids is 2. The van der Waals surface area contributed by atoms with E-state index in [1.165, 1.54) is 19.5 Å². The van der Waals surface area contributed by atoms with Gasteiger partial charge in [0, 0.05) is 18.3 Å². The number of rotatable bonds is 6. The highest BCUT2D eigenvalue weighted by molar-refractivity contribution is 6.05. The van der Waals surface area contributed by atoms with Crippen LogP contribution in [0.25, 0.3) is 0 Å². The van der Waals surface area contributed by atoms with Crippen LogP contribution in [-0.4, -0.2) is 35.1 Å². The van der Waals surface area contributed by atoms with E-state index in [1.807, 2.05) is 0 Å². The fraction of sp³-hybridized carbons (Fsp3) is 0.667. The molecule has 0 amide bonds. The Hall–Kier alpha value is -1.98. The van der Waals surface area contributed by atoms with Crippen LogP contribution in [0.2, 0.25) is 0 Å². The molecule has 0 aromatic carbocycles. The zero-order chi connectivity index (χ0) is 17.6. The van der Waals surface area contributed by atoms with Gasteiger partial charge in [0.25, 0.3) is 0 Å². The standard InChI is InChI=1S/C18H26N2O4/c1-4-23-16(21)18(3,17(22)24-5-2)15-14(19-11-12-20-15)13-9-7-6-8-10-13/h11-13H,4-10H2,1-3H3. The van der Waals surface area contributed by atoms with Crippen LogP contribution in [0.4, 0.5) is 0 Å². The van der Waals surface area contributed by atoms with Crippen molar-refractivity contribution in [1.29, 1.82) is 0 Å². The van der Waals surface area contributed by atoms with Crippen LogP contribution >= 0.6 is 0 Å². The molecule has 6 nitrogen and oxygen atoms in total. The van der Waals surface area contributed by atoms with Gasteiger partial charge in [0.15, 0.2) is 0 Å². The van der Waals surface area contributed by atoms with Crippen LogP contribution in [0.5, 0.6) is 0 Å². The summed E-state index contributed by atoms with van der Waals surface area (Å²) in [5, 5.41) is 0. The Balaban J connectivity index is 2.49. The zero-order valence-corrected chi connectivity index (χ0v) is 14.7. The first-order valence-corrected chi connectivity index (χ1v) is 8.71. The molecule has 0 N–H and O–H groups in total. The van der Waals surface area contributed by atoms with Crippen molar-refractivity contribution in [3.63, 3.8) is 0 Å². The Morgan fingerprint density at radius 1 is 1.04 bits per heavy atom. The topological polar surface area (TPSA) is 78.4 Å².